The zero-order valence-electron chi connectivity index (χ0n) is 24.6. The quantitative estimate of drug-likeness (QED) is 0.218. The second-order valence-corrected chi connectivity index (χ2v) is 13.8. The van der Waals surface area contributed by atoms with E-state index in [0.29, 0.717) is 37.5 Å². The largest absolute Gasteiger partial charge is 0.466 e. The third-order valence-electron chi connectivity index (χ3n) is 10.1. The van der Waals surface area contributed by atoms with Gasteiger partial charge in [-0.05, 0) is 81.8 Å². The van der Waals surface area contributed by atoms with E-state index in [0.717, 1.165) is 10.9 Å². The summed E-state index contributed by atoms with van der Waals surface area (Å²) in [4.78, 5) is 41.3. The van der Waals surface area contributed by atoms with Crippen molar-refractivity contribution in [2.45, 2.75) is 84.5 Å². The first kappa shape index (κ1) is 31.8. The van der Waals surface area contributed by atoms with Crippen LogP contribution in [0.25, 0.3) is 0 Å². The van der Waals surface area contributed by atoms with E-state index < -0.39 is 53.2 Å². The molecule has 2 aromatic rings. The number of esters is 1. The Kier molecular flexibility index (Phi) is 8.44. The molecule has 12 heteroatoms. The van der Waals surface area contributed by atoms with Gasteiger partial charge in [0.25, 0.3) is 5.91 Å². The van der Waals surface area contributed by atoms with Crippen molar-refractivity contribution in [2.75, 3.05) is 13.2 Å². The number of carbonyl (C=O) groups is 3. The summed E-state index contributed by atoms with van der Waals surface area (Å²) in [6.45, 7) is 7.52. The Morgan fingerprint density at radius 1 is 1.07 bits per heavy atom. The molecular formula is C31H36Cl2F3N3O4. The normalized spacial score (nSPS) is 27.8. The van der Waals surface area contributed by atoms with Crippen LogP contribution in [0.3, 0.4) is 0 Å². The van der Waals surface area contributed by atoms with Gasteiger partial charge < -0.3 is 9.64 Å². The molecule has 0 bridgehead atoms. The van der Waals surface area contributed by atoms with Gasteiger partial charge in [-0.15, -0.1) is 0 Å². The Morgan fingerprint density at radius 2 is 1.65 bits per heavy atom. The number of rotatable bonds is 8. The molecule has 0 unspecified atom stereocenters. The maximum Gasteiger partial charge on any atom is 0.433 e. The molecule has 0 radical (unpaired) electrons. The van der Waals surface area contributed by atoms with E-state index in [1.807, 2.05) is 0 Å². The number of benzene rings is 1. The molecule has 3 fully saturated rings. The van der Waals surface area contributed by atoms with Crippen LogP contribution in [-0.2, 0) is 15.7 Å². The number of hydrogen-bond donors (Lipinski definition) is 0. The maximum atomic E-state index is 14.7. The van der Waals surface area contributed by atoms with E-state index in [9.17, 15) is 27.6 Å². The Balaban J connectivity index is 1.45. The van der Waals surface area contributed by atoms with Crippen molar-refractivity contribution < 1.29 is 32.3 Å². The highest BCUT2D eigenvalue weighted by molar-refractivity contribution is 6.40. The fraction of sp³-hybridized carbons (Fsp3) is 0.613. The summed E-state index contributed by atoms with van der Waals surface area (Å²) in [6, 6.07) is 3.52. The third-order valence-corrected chi connectivity index (χ3v) is 10.7. The number of nitrogens with zero attached hydrogens (tertiary/aromatic N) is 3. The summed E-state index contributed by atoms with van der Waals surface area (Å²) < 4.78 is 50.1. The van der Waals surface area contributed by atoms with Crippen molar-refractivity contribution in [1.29, 1.82) is 0 Å². The van der Waals surface area contributed by atoms with Crippen LogP contribution in [0.15, 0.2) is 24.4 Å². The fourth-order valence-corrected chi connectivity index (χ4v) is 7.93. The predicted molar refractivity (Wildman–Crippen MR) is 155 cm³/mol. The second kappa shape index (κ2) is 11.4. The van der Waals surface area contributed by atoms with Crippen molar-refractivity contribution >= 4 is 40.9 Å². The van der Waals surface area contributed by atoms with Gasteiger partial charge in [0.15, 0.2) is 11.5 Å². The summed E-state index contributed by atoms with van der Waals surface area (Å²) in [5, 5.41) is 4.30. The molecule has 1 aromatic heterocycles. The number of amides is 1. The molecule has 1 heterocycles. The van der Waals surface area contributed by atoms with E-state index in [1.54, 1.807) is 19.9 Å². The number of halogens is 5. The summed E-state index contributed by atoms with van der Waals surface area (Å²) in [6.07, 6.45) is -1.54. The standard InChI is InChI=1S/C31H36Cl2F3N3O4/c1-5-43-28(42)30(4)11-9-17(10-12-30)39-26(31(34,35)36)19(15-37-39)27(41)38(18-13-20-21(14-18)29(20,2)3)16-24(40)25-22(32)7-6-8-23(25)33/h6-8,15,17-18,20-21H,5,9-14,16H2,1-4H3/t17?,18-,20+,21-,30?. The zero-order valence-corrected chi connectivity index (χ0v) is 26.2. The van der Waals surface area contributed by atoms with Gasteiger partial charge in [0.05, 0.1) is 52.0 Å². The smallest absolute Gasteiger partial charge is 0.433 e. The Hall–Kier alpha value is -2.59. The molecule has 7 nitrogen and oxygen atoms in total. The average Bonchev–Trinajstić information content (AvgIpc) is 3.36. The molecule has 5 rings (SSSR count). The van der Waals surface area contributed by atoms with Crippen LogP contribution in [-0.4, -0.2) is 51.5 Å². The molecule has 3 aliphatic rings. The van der Waals surface area contributed by atoms with Crippen LogP contribution in [0.1, 0.15) is 98.7 Å². The number of ether oxygens (including phenoxy) is 1. The number of Topliss-reactive ketones (excluding diaryl/α,β-unsaturated/α-hetero) is 1. The Labute approximate surface area is 259 Å². The molecule has 0 spiro atoms. The van der Waals surface area contributed by atoms with Gasteiger partial charge in [-0.25, -0.2) is 0 Å². The SMILES string of the molecule is CCOC(=O)C1(C)CCC(n2ncc(C(=O)N(CC(=O)c3c(Cl)cccc3Cl)[C@H]3C[C@@H]4[C@H](C3)C4(C)C)c2C(F)(F)F)CC1. The molecule has 1 aromatic carbocycles. The molecular weight excluding hydrogens is 606 g/mol. The van der Waals surface area contributed by atoms with Gasteiger partial charge in [0.2, 0.25) is 0 Å². The number of aromatic nitrogens is 2. The summed E-state index contributed by atoms with van der Waals surface area (Å²) in [5.41, 5.74) is -2.39. The number of ketones is 1. The predicted octanol–water partition coefficient (Wildman–Crippen LogP) is 7.65. The Bertz CT molecular complexity index is 1400. The lowest BCUT2D eigenvalue weighted by Crippen LogP contribution is -2.44. The highest BCUT2D eigenvalue weighted by Crippen LogP contribution is 2.67. The molecule has 0 N–H and O–H groups in total. The lowest BCUT2D eigenvalue weighted by atomic mass is 9.74. The number of alkyl halides is 3. The van der Waals surface area contributed by atoms with Gasteiger partial charge in [-0.3, -0.25) is 19.1 Å². The lowest BCUT2D eigenvalue weighted by Gasteiger charge is -2.36. The molecule has 234 valence electrons. The van der Waals surface area contributed by atoms with Crippen LogP contribution in [0.5, 0.6) is 0 Å². The molecule has 3 atom stereocenters. The van der Waals surface area contributed by atoms with Gasteiger partial charge >= 0.3 is 12.1 Å². The molecule has 0 aliphatic heterocycles. The molecule has 3 saturated carbocycles. The topological polar surface area (TPSA) is 81.5 Å². The summed E-state index contributed by atoms with van der Waals surface area (Å²) in [5.74, 6) is -1.15. The molecule has 1 amide bonds. The fourth-order valence-electron chi connectivity index (χ4n) is 7.32. The van der Waals surface area contributed by atoms with E-state index in [1.165, 1.54) is 17.0 Å². The van der Waals surface area contributed by atoms with Gasteiger partial charge in [0.1, 0.15) is 0 Å². The second-order valence-electron chi connectivity index (χ2n) is 13.0. The van der Waals surface area contributed by atoms with Gasteiger partial charge in [-0.2, -0.15) is 18.3 Å². The van der Waals surface area contributed by atoms with Gasteiger partial charge in [-0.1, -0.05) is 43.1 Å². The first-order valence-corrected chi connectivity index (χ1v) is 15.5. The van der Waals surface area contributed by atoms with Crippen molar-refractivity contribution in [3.63, 3.8) is 0 Å². The van der Waals surface area contributed by atoms with Crippen molar-refractivity contribution in [3.05, 3.63) is 51.3 Å². The minimum absolute atomic E-state index is 0.0331. The summed E-state index contributed by atoms with van der Waals surface area (Å²) >= 11 is 12.5. The van der Waals surface area contributed by atoms with E-state index >= 15 is 0 Å². The highest BCUT2D eigenvalue weighted by atomic mass is 35.5. The van der Waals surface area contributed by atoms with E-state index in [2.05, 4.69) is 18.9 Å². The Morgan fingerprint density at radius 3 is 2.19 bits per heavy atom. The van der Waals surface area contributed by atoms with E-state index in [4.69, 9.17) is 27.9 Å². The number of carbonyl (C=O) groups excluding carboxylic acids is 3. The molecule has 3 aliphatic carbocycles. The number of fused-ring (bicyclic) bond motifs is 1. The van der Waals surface area contributed by atoms with Crippen molar-refractivity contribution in [2.24, 2.45) is 22.7 Å². The highest BCUT2D eigenvalue weighted by Gasteiger charge is 2.63. The average molecular weight is 643 g/mol. The molecule has 43 heavy (non-hydrogen) atoms. The van der Waals surface area contributed by atoms with Crippen molar-refractivity contribution in [1.82, 2.24) is 14.7 Å². The third kappa shape index (κ3) is 5.81. The maximum absolute atomic E-state index is 14.7. The minimum Gasteiger partial charge on any atom is -0.466 e. The first-order valence-electron chi connectivity index (χ1n) is 14.7. The van der Waals surface area contributed by atoms with Crippen LogP contribution in [0.4, 0.5) is 13.2 Å². The number of hydrogen-bond acceptors (Lipinski definition) is 5. The minimum atomic E-state index is -4.88. The monoisotopic (exact) mass is 641 g/mol. The molecule has 0 saturated heterocycles. The van der Waals surface area contributed by atoms with E-state index in [-0.39, 0.29) is 46.4 Å². The van der Waals surface area contributed by atoms with Crippen molar-refractivity contribution in [3.8, 4) is 0 Å². The first-order chi connectivity index (χ1) is 20.1. The van der Waals surface area contributed by atoms with Crippen LogP contribution in [0.2, 0.25) is 10.0 Å². The zero-order chi connectivity index (χ0) is 31.5. The van der Waals surface area contributed by atoms with Crippen LogP contribution < -0.4 is 0 Å². The van der Waals surface area contributed by atoms with Crippen LogP contribution in [0, 0.1) is 22.7 Å². The van der Waals surface area contributed by atoms with Crippen LogP contribution >= 0.6 is 23.2 Å². The lowest BCUT2D eigenvalue weighted by molar-refractivity contribution is -0.157. The van der Waals surface area contributed by atoms with Gasteiger partial charge in [0, 0.05) is 6.04 Å². The summed E-state index contributed by atoms with van der Waals surface area (Å²) in [7, 11) is 0.